The number of benzene rings is 3. The van der Waals surface area contributed by atoms with Crippen LogP contribution >= 0.6 is 23.8 Å². The highest BCUT2D eigenvalue weighted by Gasteiger charge is 2.24. The van der Waals surface area contributed by atoms with Gasteiger partial charge in [-0.25, -0.2) is 0 Å². The van der Waals surface area contributed by atoms with Crippen molar-refractivity contribution in [3.8, 4) is 0 Å². The molecule has 10 heteroatoms. The summed E-state index contributed by atoms with van der Waals surface area (Å²) in [4.78, 5) is 38.9. The van der Waals surface area contributed by atoms with Gasteiger partial charge in [-0.15, -0.1) is 0 Å². The Labute approximate surface area is 212 Å². The molecular formula is C25H21ClN4O4S. The molecule has 3 aromatic carbocycles. The number of hydrogen-bond donors (Lipinski definition) is 2. The number of nitrogens with zero attached hydrogens (tertiary/aromatic N) is 2. The molecule has 1 saturated heterocycles. The van der Waals surface area contributed by atoms with Gasteiger partial charge in [0.25, 0.3) is 11.6 Å². The summed E-state index contributed by atoms with van der Waals surface area (Å²) in [5.41, 5.74) is 1.58. The lowest BCUT2D eigenvalue weighted by Crippen LogP contribution is -2.34. The van der Waals surface area contributed by atoms with E-state index in [1.54, 1.807) is 48.5 Å². The van der Waals surface area contributed by atoms with Crippen molar-refractivity contribution < 1.29 is 14.5 Å². The first-order valence-corrected chi connectivity index (χ1v) is 11.7. The van der Waals surface area contributed by atoms with E-state index in [0.29, 0.717) is 22.0 Å². The first-order valence-electron chi connectivity index (χ1n) is 10.9. The fraction of sp³-hybridized carbons (Fsp3) is 0.160. The second-order valence-electron chi connectivity index (χ2n) is 7.95. The zero-order chi connectivity index (χ0) is 24.9. The van der Waals surface area contributed by atoms with Crippen molar-refractivity contribution in [2.75, 3.05) is 23.3 Å². The van der Waals surface area contributed by atoms with E-state index in [1.165, 1.54) is 18.2 Å². The normalized spacial score (nSPS) is 12.8. The predicted molar refractivity (Wildman–Crippen MR) is 140 cm³/mol. The number of carbonyl (C=O) groups excluding carboxylic acids is 2. The van der Waals surface area contributed by atoms with Gasteiger partial charge >= 0.3 is 0 Å². The zero-order valence-electron chi connectivity index (χ0n) is 18.5. The van der Waals surface area contributed by atoms with Gasteiger partial charge in [0.05, 0.1) is 10.6 Å². The van der Waals surface area contributed by atoms with Gasteiger partial charge in [-0.2, -0.15) is 0 Å². The Balaban J connectivity index is 1.51. The Hall–Kier alpha value is -3.82. The lowest BCUT2D eigenvalue weighted by atomic mass is 10.0. The topological polar surface area (TPSA) is 105 Å². The number of anilines is 2. The third-order valence-corrected chi connectivity index (χ3v) is 6.06. The number of ketones is 1. The smallest absolute Gasteiger partial charge is 0.293 e. The molecule has 1 fully saturated rings. The Bertz CT molecular complexity index is 1310. The average Bonchev–Trinajstić information content (AvgIpc) is 3.39. The molecule has 1 aliphatic rings. The molecule has 0 aliphatic carbocycles. The maximum Gasteiger partial charge on any atom is 0.293 e. The van der Waals surface area contributed by atoms with Gasteiger partial charge in [0.15, 0.2) is 10.9 Å². The standard InChI is InChI=1S/C25H21ClN4O4S/c26-18-9-10-20(19(15-18)23(31)16-6-2-1-3-7-16)27-25(35)28-24(32)17-8-11-21(22(14-17)30(33)34)29-12-4-5-13-29/h1-3,6-11,14-15H,4-5,12-13H2,(H2,27,28,32,35). The first kappa shape index (κ1) is 24.3. The number of hydrogen-bond acceptors (Lipinski definition) is 6. The number of nitrogens with one attached hydrogen (secondary N) is 2. The highest BCUT2D eigenvalue weighted by Crippen LogP contribution is 2.31. The lowest BCUT2D eigenvalue weighted by molar-refractivity contribution is -0.384. The number of nitro benzene ring substituents is 1. The van der Waals surface area contributed by atoms with Gasteiger partial charge in [0.2, 0.25) is 0 Å². The minimum atomic E-state index is -0.608. The van der Waals surface area contributed by atoms with E-state index in [-0.39, 0.29) is 27.7 Å². The fourth-order valence-corrected chi connectivity index (χ4v) is 4.30. The van der Waals surface area contributed by atoms with E-state index in [0.717, 1.165) is 25.9 Å². The highest BCUT2D eigenvalue weighted by atomic mass is 35.5. The fourth-order valence-electron chi connectivity index (χ4n) is 3.92. The summed E-state index contributed by atoms with van der Waals surface area (Å²) in [5.74, 6) is -0.874. The Morgan fingerprint density at radius 1 is 0.971 bits per heavy atom. The van der Waals surface area contributed by atoms with Crippen LogP contribution < -0.4 is 15.5 Å². The predicted octanol–water partition coefficient (Wildman–Crippen LogP) is 5.21. The van der Waals surface area contributed by atoms with Crippen molar-refractivity contribution in [1.82, 2.24) is 5.32 Å². The molecule has 3 aromatic rings. The van der Waals surface area contributed by atoms with Crippen molar-refractivity contribution in [2.24, 2.45) is 0 Å². The second kappa shape index (κ2) is 10.6. The van der Waals surface area contributed by atoms with Crippen LogP contribution in [0.2, 0.25) is 5.02 Å². The second-order valence-corrected chi connectivity index (χ2v) is 8.79. The Morgan fingerprint density at radius 3 is 2.37 bits per heavy atom. The molecular weight excluding hydrogens is 488 g/mol. The van der Waals surface area contributed by atoms with E-state index in [9.17, 15) is 19.7 Å². The van der Waals surface area contributed by atoms with Crippen LogP contribution in [0.5, 0.6) is 0 Å². The van der Waals surface area contributed by atoms with Crippen LogP contribution in [-0.2, 0) is 0 Å². The van der Waals surface area contributed by atoms with Crippen LogP contribution in [0, 0.1) is 10.1 Å². The summed E-state index contributed by atoms with van der Waals surface area (Å²) in [5, 5.41) is 17.3. The molecule has 0 spiro atoms. The van der Waals surface area contributed by atoms with Gasteiger partial charge in [-0.3, -0.25) is 25.0 Å². The van der Waals surface area contributed by atoms with Crippen LogP contribution in [0.25, 0.3) is 0 Å². The number of halogens is 1. The Morgan fingerprint density at radius 2 is 1.69 bits per heavy atom. The summed E-state index contributed by atoms with van der Waals surface area (Å²) >= 11 is 11.4. The number of thiocarbonyl (C=S) groups is 1. The number of rotatable bonds is 6. The molecule has 0 radical (unpaired) electrons. The molecule has 35 heavy (non-hydrogen) atoms. The minimum absolute atomic E-state index is 0.0642. The van der Waals surface area contributed by atoms with Crippen molar-refractivity contribution in [2.45, 2.75) is 12.8 Å². The maximum absolute atomic E-state index is 13.0. The minimum Gasteiger partial charge on any atom is -0.366 e. The van der Waals surface area contributed by atoms with Crippen molar-refractivity contribution in [3.05, 3.63) is 98.6 Å². The van der Waals surface area contributed by atoms with Crippen molar-refractivity contribution in [1.29, 1.82) is 0 Å². The molecule has 1 amide bonds. The third kappa shape index (κ3) is 5.64. The molecule has 0 atom stereocenters. The van der Waals surface area contributed by atoms with Crippen LogP contribution in [0.3, 0.4) is 0 Å². The first-order chi connectivity index (χ1) is 16.8. The van der Waals surface area contributed by atoms with Gasteiger partial charge < -0.3 is 10.2 Å². The lowest BCUT2D eigenvalue weighted by Gasteiger charge is -2.18. The van der Waals surface area contributed by atoms with E-state index in [1.807, 2.05) is 4.90 Å². The summed E-state index contributed by atoms with van der Waals surface area (Å²) in [6.45, 7) is 1.48. The average molecular weight is 509 g/mol. The maximum atomic E-state index is 13.0. The summed E-state index contributed by atoms with van der Waals surface area (Å²) in [7, 11) is 0. The molecule has 0 aromatic heterocycles. The number of nitro groups is 1. The van der Waals surface area contributed by atoms with Crippen LogP contribution in [0.1, 0.15) is 39.1 Å². The quantitative estimate of drug-likeness (QED) is 0.204. The van der Waals surface area contributed by atoms with Crippen LogP contribution in [0.15, 0.2) is 66.7 Å². The van der Waals surface area contributed by atoms with Crippen molar-refractivity contribution >= 4 is 57.7 Å². The molecule has 178 valence electrons. The molecule has 1 aliphatic heterocycles. The van der Waals surface area contributed by atoms with Gasteiger partial charge in [0.1, 0.15) is 5.69 Å². The molecule has 0 unspecified atom stereocenters. The zero-order valence-corrected chi connectivity index (χ0v) is 20.1. The molecule has 1 heterocycles. The number of carbonyl (C=O) groups is 2. The van der Waals surface area contributed by atoms with Crippen molar-refractivity contribution in [3.63, 3.8) is 0 Å². The molecule has 2 N–H and O–H groups in total. The third-order valence-electron chi connectivity index (χ3n) is 5.62. The SMILES string of the molecule is O=C(NC(=S)Nc1ccc(Cl)cc1C(=O)c1ccccc1)c1ccc(N2CCCC2)c([N+](=O)[O-])c1. The highest BCUT2D eigenvalue weighted by molar-refractivity contribution is 7.80. The van der Waals surface area contributed by atoms with Gasteiger partial charge in [-0.05, 0) is 55.4 Å². The Kier molecular flexibility index (Phi) is 7.38. The summed E-state index contributed by atoms with van der Waals surface area (Å²) < 4.78 is 0. The van der Waals surface area contributed by atoms with E-state index < -0.39 is 10.8 Å². The molecule has 8 nitrogen and oxygen atoms in total. The summed E-state index contributed by atoms with van der Waals surface area (Å²) in [6.07, 6.45) is 1.94. The molecule has 0 bridgehead atoms. The molecule has 0 saturated carbocycles. The van der Waals surface area contributed by atoms with E-state index >= 15 is 0 Å². The van der Waals surface area contributed by atoms with E-state index in [4.69, 9.17) is 23.8 Å². The van der Waals surface area contributed by atoms with Gasteiger partial charge in [-0.1, -0.05) is 41.9 Å². The number of amides is 1. The monoisotopic (exact) mass is 508 g/mol. The van der Waals surface area contributed by atoms with Crippen LogP contribution in [-0.4, -0.2) is 34.8 Å². The largest absolute Gasteiger partial charge is 0.366 e. The van der Waals surface area contributed by atoms with Crippen LogP contribution in [0.4, 0.5) is 17.1 Å². The van der Waals surface area contributed by atoms with E-state index in [2.05, 4.69) is 10.6 Å². The molecule has 4 rings (SSSR count). The summed E-state index contributed by atoms with van der Waals surface area (Å²) in [6, 6.07) is 17.8. The van der Waals surface area contributed by atoms with Gasteiger partial charge in [0, 0.05) is 40.9 Å².